The van der Waals surface area contributed by atoms with Gasteiger partial charge in [-0.05, 0) is 35.4 Å². The van der Waals surface area contributed by atoms with Crippen molar-refractivity contribution in [2.45, 2.75) is 0 Å². The zero-order chi connectivity index (χ0) is 17.2. The highest BCUT2D eigenvalue weighted by Crippen LogP contribution is 2.01. The fraction of sp³-hybridized carbons (Fsp3) is 0. The van der Waals surface area contributed by atoms with E-state index in [4.69, 9.17) is 18.6 Å². The van der Waals surface area contributed by atoms with Gasteiger partial charge in [-0.2, -0.15) is 10.2 Å². The molecule has 0 aliphatic carbocycles. The van der Waals surface area contributed by atoms with Crippen LogP contribution in [0.3, 0.4) is 0 Å². The largest absolute Gasteiger partial charge is 0.367 e. The van der Waals surface area contributed by atoms with Crippen LogP contribution in [0.1, 0.15) is 22.3 Å². The van der Waals surface area contributed by atoms with Crippen LogP contribution < -0.4 is 11.2 Å². The van der Waals surface area contributed by atoms with E-state index in [0.29, 0.717) is 0 Å². The Kier molecular flexibility index (Phi) is 5.91. The van der Waals surface area contributed by atoms with Crippen molar-refractivity contribution >= 4 is 18.4 Å². The highest BCUT2D eigenvalue weighted by molar-refractivity contribution is 5.84. The van der Waals surface area contributed by atoms with Crippen molar-refractivity contribution in [2.24, 2.45) is 21.0 Å². The highest BCUT2D eigenvalue weighted by Gasteiger charge is 1.91. The van der Waals surface area contributed by atoms with Crippen LogP contribution in [0.5, 0.6) is 0 Å². The minimum Gasteiger partial charge on any atom is -0.367 e. The van der Waals surface area contributed by atoms with Crippen molar-refractivity contribution in [1.82, 2.24) is 5.43 Å². The van der Waals surface area contributed by atoms with E-state index < -0.39 is 0 Å². The Morgan fingerprint density at radius 3 is 1.88 bits per heavy atom. The Balaban J connectivity index is 1.88. The summed E-state index contributed by atoms with van der Waals surface area (Å²) in [6.45, 7) is 0. The molecule has 0 atom stereocenters. The van der Waals surface area contributed by atoms with E-state index >= 15 is 0 Å². The highest BCUT2D eigenvalue weighted by atomic mass is 15.4. The number of hydrogen-bond acceptors (Lipinski definition) is 3. The van der Waals surface area contributed by atoms with Crippen molar-refractivity contribution in [3.05, 3.63) is 70.8 Å². The van der Waals surface area contributed by atoms with Crippen molar-refractivity contribution in [3.63, 3.8) is 0 Å². The first-order valence-corrected chi connectivity index (χ1v) is 7.00. The van der Waals surface area contributed by atoms with Crippen LogP contribution in [0, 0.1) is 24.7 Å². The van der Waals surface area contributed by atoms with Gasteiger partial charge in [0.05, 0.1) is 12.4 Å². The molecule has 116 valence electrons. The smallest absolute Gasteiger partial charge is 0.234 e. The van der Waals surface area contributed by atoms with E-state index in [-0.39, 0.29) is 5.96 Å². The van der Waals surface area contributed by atoms with Crippen molar-refractivity contribution < 1.29 is 0 Å². The zero-order valence-corrected chi connectivity index (χ0v) is 12.8. The normalized spacial score (nSPS) is 11.3. The van der Waals surface area contributed by atoms with Gasteiger partial charge in [0.1, 0.15) is 0 Å². The van der Waals surface area contributed by atoms with Crippen LogP contribution in [-0.2, 0) is 0 Å². The fourth-order valence-electron chi connectivity index (χ4n) is 1.68. The molecule has 0 saturated heterocycles. The summed E-state index contributed by atoms with van der Waals surface area (Å²) in [5, 5.41) is 11.6. The Morgan fingerprint density at radius 2 is 1.38 bits per heavy atom. The second-order valence-corrected chi connectivity index (χ2v) is 4.63. The predicted octanol–water partition coefficient (Wildman–Crippen LogP) is 1.92. The number of guanidine groups is 1. The van der Waals surface area contributed by atoms with E-state index in [0.717, 1.165) is 22.3 Å². The monoisotopic (exact) mass is 313 g/mol. The van der Waals surface area contributed by atoms with Crippen LogP contribution in [0.4, 0.5) is 0 Å². The lowest BCUT2D eigenvalue weighted by Crippen LogP contribution is -2.26. The number of nitrogens with two attached hydrogens (primary N) is 1. The number of terminal acetylenes is 2. The van der Waals surface area contributed by atoms with Crippen molar-refractivity contribution in [3.8, 4) is 24.7 Å². The molecular weight excluding hydrogens is 298 g/mol. The van der Waals surface area contributed by atoms with E-state index in [1.54, 1.807) is 12.4 Å². The third-order valence-corrected chi connectivity index (χ3v) is 2.92. The summed E-state index contributed by atoms with van der Waals surface area (Å²) in [5.74, 6) is 5.16. The minimum atomic E-state index is 0.0722. The molecular formula is C19H15N5. The summed E-state index contributed by atoms with van der Waals surface area (Å²) >= 11 is 0. The first kappa shape index (κ1) is 16.5. The summed E-state index contributed by atoms with van der Waals surface area (Å²) in [6, 6.07) is 14.7. The minimum absolute atomic E-state index is 0.0722. The number of hydrogen-bond donors (Lipinski definition) is 2. The van der Waals surface area contributed by atoms with E-state index in [1.807, 2.05) is 48.5 Å². The Hall–Kier alpha value is -3.83. The van der Waals surface area contributed by atoms with Gasteiger partial charge in [0.25, 0.3) is 0 Å². The summed E-state index contributed by atoms with van der Waals surface area (Å²) < 4.78 is 0. The van der Waals surface area contributed by atoms with Crippen molar-refractivity contribution in [2.75, 3.05) is 0 Å². The topological polar surface area (TPSA) is 75.1 Å². The molecule has 0 unspecified atom stereocenters. The number of nitrogens with one attached hydrogen (secondary N) is 1. The second-order valence-electron chi connectivity index (χ2n) is 4.63. The van der Waals surface area contributed by atoms with Gasteiger partial charge in [-0.3, -0.25) is 0 Å². The number of benzene rings is 2. The van der Waals surface area contributed by atoms with E-state index in [2.05, 4.69) is 32.6 Å². The molecule has 0 spiro atoms. The van der Waals surface area contributed by atoms with Crippen LogP contribution in [0.2, 0.25) is 0 Å². The molecule has 0 bridgehead atoms. The molecule has 0 radical (unpaired) electrons. The zero-order valence-electron chi connectivity index (χ0n) is 12.8. The maximum atomic E-state index is 5.65. The average Bonchev–Trinajstić information content (AvgIpc) is 2.63. The molecule has 5 heteroatoms. The van der Waals surface area contributed by atoms with Crippen molar-refractivity contribution in [1.29, 1.82) is 0 Å². The summed E-state index contributed by atoms with van der Waals surface area (Å²) in [7, 11) is 0. The van der Waals surface area contributed by atoms with E-state index in [9.17, 15) is 0 Å². The molecule has 0 amide bonds. The lowest BCUT2D eigenvalue weighted by Gasteiger charge is -1.97. The van der Waals surface area contributed by atoms with Crippen LogP contribution >= 0.6 is 0 Å². The predicted molar refractivity (Wildman–Crippen MR) is 98.7 cm³/mol. The van der Waals surface area contributed by atoms with Crippen LogP contribution in [0.15, 0.2) is 63.8 Å². The average molecular weight is 313 g/mol. The summed E-state index contributed by atoms with van der Waals surface area (Å²) in [5.41, 5.74) is 11.6. The van der Waals surface area contributed by atoms with Gasteiger partial charge in [-0.1, -0.05) is 36.1 Å². The molecule has 0 fully saturated rings. The molecule has 3 N–H and O–H groups in total. The third-order valence-electron chi connectivity index (χ3n) is 2.92. The quantitative estimate of drug-likeness (QED) is 0.392. The molecule has 2 rings (SSSR count). The summed E-state index contributed by atoms with van der Waals surface area (Å²) in [4.78, 5) is 0. The number of rotatable bonds is 4. The maximum absolute atomic E-state index is 5.65. The van der Waals surface area contributed by atoms with Gasteiger partial charge < -0.3 is 5.73 Å². The first-order valence-electron chi connectivity index (χ1n) is 7.00. The van der Waals surface area contributed by atoms with E-state index in [1.165, 1.54) is 0 Å². The van der Waals surface area contributed by atoms with Gasteiger partial charge in [-0.25, -0.2) is 5.43 Å². The third kappa shape index (κ3) is 5.18. The molecule has 0 aromatic heterocycles. The lowest BCUT2D eigenvalue weighted by molar-refractivity contribution is 0.994. The van der Waals surface area contributed by atoms with Gasteiger partial charge in [0.15, 0.2) is 0 Å². The molecule has 2 aromatic carbocycles. The Bertz CT molecular complexity index is 845. The Morgan fingerprint density at radius 1 is 0.875 bits per heavy atom. The molecule has 2 aromatic rings. The molecule has 0 heterocycles. The number of hydrazone groups is 1. The molecule has 0 saturated carbocycles. The van der Waals surface area contributed by atoms with Crippen LogP contribution in [0.25, 0.3) is 0 Å². The van der Waals surface area contributed by atoms with Gasteiger partial charge in [0, 0.05) is 11.1 Å². The Labute approximate surface area is 141 Å². The van der Waals surface area contributed by atoms with Gasteiger partial charge in [0.2, 0.25) is 5.96 Å². The fourth-order valence-corrected chi connectivity index (χ4v) is 1.68. The summed E-state index contributed by atoms with van der Waals surface area (Å²) in [6.07, 6.45) is 13.8. The van der Waals surface area contributed by atoms with Gasteiger partial charge in [-0.15, -0.1) is 17.9 Å². The second kappa shape index (κ2) is 8.57. The maximum Gasteiger partial charge on any atom is 0.234 e. The molecule has 5 nitrogen and oxygen atoms in total. The SMILES string of the molecule is C#Cc1ccc(C=NN=C(N)NN=Cc2ccc(C#C)cc2)cc1. The molecule has 24 heavy (non-hydrogen) atoms. The van der Waals surface area contributed by atoms with Crippen LogP contribution in [-0.4, -0.2) is 18.4 Å². The first-order chi connectivity index (χ1) is 11.7. The molecule has 0 aliphatic heterocycles. The molecule has 0 aliphatic rings. The lowest BCUT2D eigenvalue weighted by atomic mass is 10.1. The number of nitrogens with zero attached hydrogens (tertiary/aromatic N) is 3. The van der Waals surface area contributed by atoms with Gasteiger partial charge >= 0.3 is 0 Å². The standard InChI is InChI=1S/C19H15N5/c1-3-15-5-9-17(10-6-15)13-21-23-19(20)24-22-14-18-11-7-16(4-2)8-12-18/h1-2,5-14H,(H3,20,23,24).